The van der Waals surface area contributed by atoms with Gasteiger partial charge in [0.15, 0.2) is 0 Å². The van der Waals surface area contributed by atoms with E-state index in [0.717, 1.165) is 41.1 Å². The first kappa shape index (κ1) is 9.94. The highest BCUT2D eigenvalue weighted by molar-refractivity contribution is 6.31. The van der Waals surface area contributed by atoms with Gasteiger partial charge in [-0.2, -0.15) is 0 Å². The van der Waals surface area contributed by atoms with Crippen LogP contribution < -0.4 is 5.32 Å². The van der Waals surface area contributed by atoms with Crippen LogP contribution in [0.4, 0.5) is 0 Å². The van der Waals surface area contributed by atoms with E-state index in [1.807, 2.05) is 18.2 Å². The second-order valence-corrected chi connectivity index (χ2v) is 4.42. The minimum Gasteiger partial charge on any atom is -0.463 e. The standard InChI is InChI=1S/C13H12ClNO/c14-11-1-2-12-10(7-11)8-16-13(12)9-3-5-15-6-4-9/h1-3,7-8,15H,4-6H2. The average Bonchev–Trinajstić information content (AvgIpc) is 2.73. The molecule has 16 heavy (non-hydrogen) atoms. The minimum absolute atomic E-state index is 0.749. The summed E-state index contributed by atoms with van der Waals surface area (Å²) in [5.41, 5.74) is 1.29. The fourth-order valence-corrected chi connectivity index (χ4v) is 2.28. The van der Waals surface area contributed by atoms with E-state index in [-0.39, 0.29) is 0 Å². The Balaban J connectivity index is 2.13. The summed E-state index contributed by atoms with van der Waals surface area (Å²) in [6.07, 6.45) is 4.99. The fraction of sp³-hybridized carbons (Fsp3) is 0.231. The van der Waals surface area contributed by atoms with Gasteiger partial charge in [0.25, 0.3) is 0 Å². The van der Waals surface area contributed by atoms with E-state index < -0.39 is 0 Å². The molecule has 2 aromatic rings. The maximum Gasteiger partial charge on any atom is 0.137 e. The number of benzene rings is 1. The Morgan fingerprint density at radius 3 is 3.06 bits per heavy atom. The van der Waals surface area contributed by atoms with E-state index in [1.54, 1.807) is 6.26 Å². The Kier molecular flexibility index (Phi) is 2.46. The highest BCUT2D eigenvalue weighted by Crippen LogP contribution is 2.31. The molecular formula is C13H12ClNO. The van der Waals surface area contributed by atoms with Crippen molar-refractivity contribution in [3.8, 4) is 0 Å². The van der Waals surface area contributed by atoms with Gasteiger partial charge in [-0.15, -0.1) is 0 Å². The molecule has 1 aromatic heterocycles. The first-order chi connectivity index (χ1) is 7.84. The summed E-state index contributed by atoms with van der Waals surface area (Å²) < 4.78 is 5.65. The first-order valence-electron chi connectivity index (χ1n) is 5.41. The van der Waals surface area contributed by atoms with Gasteiger partial charge in [0.05, 0.1) is 6.26 Å². The van der Waals surface area contributed by atoms with Gasteiger partial charge in [-0.25, -0.2) is 0 Å². The summed E-state index contributed by atoms with van der Waals surface area (Å²) in [5.74, 6) is 0.994. The molecule has 3 rings (SSSR count). The smallest absolute Gasteiger partial charge is 0.137 e. The Labute approximate surface area is 98.9 Å². The summed E-state index contributed by atoms with van der Waals surface area (Å²) in [6, 6.07) is 5.87. The largest absolute Gasteiger partial charge is 0.463 e. The molecule has 0 fully saturated rings. The molecule has 82 valence electrons. The average molecular weight is 234 g/mol. The summed E-state index contributed by atoms with van der Waals surface area (Å²) in [4.78, 5) is 0. The molecular weight excluding hydrogens is 222 g/mol. The van der Waals surface area contributed by atoms with Crippen molar-refractivity contribution in [1.29, 1.82) is 0 Å². The van der Waals surface area contributed by atoms with Crippen LogP contribution in [0.3, 0.4) is 0 Å². The summed E-state index contributed by atoms with van der Waals surface area (Å²) in [7, 11) is 0. The lowest BCUT2D eigenvalue weighted by Crippen LogP contribution is -2.19. The van der Waals surface area contributed by atoms with Crippen molar-refractivity contribution in [3.05, 3.63) is 41.3 Å². The van der Waals surface area contributed by atoms with Gasteiger partial charge in [-0.1, -0.05) is 17.7 Å². The van der Waals surface area contributed by atoms with Crippen LogP contribution in [0, 0.1) is 0 Å². The third-order valence-electron chi connectivity index (χ3n) is 2.92. The molecule has 0 amide bonds. The molecule has 0 aliphatic carbocycles. The van der Waals surface area contributed by atoms with Gasteiger partial charge in [-0.05, 0) is 36.7 Å². The third-order valence-corrected chi connectivity index (χ3v) is 3.15. The van der Waals surface area contributed by atoms with Crippen molar-refractivity contribution in [2.75, 3.05) is 13.1 Å². The van der Waals surface area contributed by atoms with Gasteiger partial charge in [-0.3, -0.25) is 0 Å². The zero-order valence-corrected chi connectivity index (χ0v) is 9.55. The van der Waals surface area contributed by atoms with E-state index in [0.29, 0.717) is 0 Å². The van der Waals surface area contributed by atoms with Crippen molar-refractivity contribution in [2.45, 2.75) is 6.42 Å². The Morgan fingerprint density at radius 1 is 1.31 bits per heavy atom. The zero-order valence-electron chi connectivity index (χ0n) is 8.79. The fourth-order valence-electron chi connectivity index (χ4n) is 2.10. The predicted molar refractivity (Wildman–Crippen MR) is 66.7 cm³/mol. The quantitative estimate of drug-likeness (QED) is 0.816. The number of nitrogens with one attached hydrogen (secondary N) is 1. The van der Waals surface area contributed by atoms with E-state index >= 15 is 0 Å². The van der Waals surface area contributed by atoms with E-state index in [1.165, 1.54) is 5.57 Å². The highest BCUT2D eigenvalue weighted by Gasteiger charge is 2.13. The summed E-state index contributed by atoms with van der Waals surface area (Å²) >= 11 is 5.95. The van der Waals surface area contributed by atoms with Crippen molar-refractivity contribution >= 4 is 27.9 Å². The van der Waals surface area contributed by atoms with Gasteiger partial charge in [0.2, 0.25) is 0 Å². The lowest BCUT2D eigenvalue weighted by molar-refractivity contribution is 0.551. The molecule has 0 saturated carbocycles. The molecule has 0 atom stereocenters. The molecule has 1 N–H and O–H groups in total. The maximum absolute atomic E-state index is 5.95. The molecule has 2 heterocycles. The zero-order chi connectivity index (χ0) is 11.0. The second kappa shape index (κ2) is 3.96. The third kappa shape index (κ3) is 1.64. The van der Waals surface area contributed by atoms with Crippen molar-refractivity contribution in [2.24, 2.45) is 0 Å². The highest BCUT2D eigenvalue weighted by atomic mass is 35.5. The Hall–Kier alpha value is -1.25. The van der Waals surface area contributed by atoms with Crippen LogP contribution in [-0.2, 0) is 0 Å². The van der Waals surface area contributed by atoms with Crippen LogP contribution in [0.2, 0.25) is 5.02 Å². The van der Waals surface area contributed by atoms with Gasteiger partial charge in [0, 0.05) is 22.3 Å². The van der Waals surface area contributed by atoms with Crippen molar-refractivity contribution in [1.82, 2.24) is 5.32 Å². The number of rotatable bonds is 1. The van der Waals surface area contributed by atoms with Crippen LogP contribution in [-0.4, -0.2) is 13.1 Å². The summed E-state index contributed by atoms with van der Waals surface area (Å²) in [6.45, 7) is 1.94. The van der Waals surface area contributed by atoms with Gasteiger partial charge < -0.3 is 9.73 Å². The number of fused-ring (bicyclic) bond motifs is 1. The van der Waals surface area contributed by atoms with Crippen LogP contribution >= 0.6 is 11.6 Å². The molecule has 1 aliphatic heterocycles. The molecule has 0 spiro atoms. The number of furan rings is 1. The molecule has 2 nitrogen and oxygen atoms in total. The van der Waals surface area contributed by atoms with Crippen LogP contribution in [0.5, 0.6) is 0 Å². The predicted octanol–water partition coefficient (Wildman–Crippen LogP) is 3.46. The molecule has 1 aliphatic rings. The van der Waals surface area contributed by atoms with Crippen LogP contribution in [0.15, 0.2) is 35.0 Å². The summed E-state index contributed by atoms with van der Waals surface area (Å²) in [5, 5.41) is 6.27. The molecule has 0 bridgehead atoms. The molecule has 0 unspecified atom stereocenters. The van der Waals surface area contributed by atoms with Gasteiger partial charge >= 0.3 is 0 Å². The van der Waals surface area contributed by atoms with Crippen LogP contribution in [0.1, 0.15) is 12.2 Å². The van der Waals surface area contributed by atoms with Crippen LogP contribution in [0.25, 0.3) is 16.3 Å². The van der Waals surface area contributed by atoms with Crippen molar-refractivity contribution in [3.63, 3.8) is 0 Å². The van der Waals surface area contributed by atoms with E-state index in [9.17, 15) is 0 Å². The number of halogens is 1. The Bertz CT molecular complexity index is 556. The first-order valence-corrected chi connectivity index (χ1v) is 5.79. The lowest BCUT2D eigenvalue weighted by atomic mass is 10.0. The molecule has 3 heteroatoms. The normalized spacial score (nSPS) is 16.4. The Morgan fingerprint density at radius 2 is 2.25 bits per heavy atom. The van der Waals surface area contributed by atoms with Gasteiger partial charge in [0.1, 0.15) is 5.76 Å². The van der Waals surface area contributed by atoms with E-state index in [4.69, 9.17) is 16.0 Å². The monoisotopic (exact) mass is 233 g/mol. The number of hydrogen-bond acceptors (Lipinski definition) is 2. The topological polar surface area (TPSA) is 25.2 Å². The number of hydrogen-bond donors (Lipinski definition) is 1. The molecule has 1 aromatic carbocycles. The maximum atomic E-state index is 5.95. The van der Waals surface area contributed by atoms with E-state index in [2.05, 4.69) is 11.4 Å². The lowest BCUT2D eigenvalue weighted by Gasteiger charge is -2.12. The minimum atomic E-state index is 0.749. The SMILES string of the molecule is Clc1ccc2c(C3=CCNCC3)occ2c1. The second-order valence-electron chi connectivity index (χ2n) is 3.98. The molecule has 0 saturated heterocycles. The van der Waals surface area contributed by atoms with Crippen molar-refractivity contribution < 1.29 is 4.42 Å². The molecule has 0 radical (unpaired) electrons.